The number of ether oxygens (including phenoxy) is 1. The number of aldehydes is 1. The van der Waals surface area contributed by atoms with Crippen molar-refractivity contribution in [3.05, 3.63) is 47.0 Å². The lowest BCUT2D eigenvalue weighted by atomic mass is 9.81. The highest BCUT2D eigenvalue weighted by Gasteiger charge is 2.27. The van der Waals surface area contributed by atoms with E-state index in [1.165, 1.54) is 56.9 Å². The Morgan fingerprint density at radius 3 is 2.68 bits per heavy atom. The van der Waals surface area contributed by atoms with Gasteiger partial charge in [-0.3, -0.25) is 4.79 Å². The maximum atomic E-state index is 11.5. The highest BCUT2D eigenvalue weighted by molar-refractivity contribution is 6.00. The van der Waals surface area contributed by atoms with Crippen molar-refractivity contribution in [2.45, 2.75) is 57.3 Å². The van der Waals surface area contributed by atoms with Gasteiger partial charge in [-0.1, -0.05) is 43.0 Å². The molecule has 1 saturated carbocycles. The first kappa shape index (κ1) is 19.2. The molecule has 0 amide bonds. The molecule has 1 radical (unpaired) electrons. The van der Waals surface area contributed by atoms with Crippen LogP contribution in [-0.2, 0) is 4.74 Å². The zero-order chi connectivity index (χ0) is 19.3. The molecule has 4 rings (SSSR count). The fourth-order valence-electron chi connectivity index (χ4n) is 5.41. The molecule has 2 aromatic carbocycles. The van der Waals surface area contributed by atoms with E-state index < -0.39 is 0 Å². The van der Waals surface area contributed by atoms with Gasteiger partial charge in [-0.25, -0.2) is 0 Å². The van der Waals surface area contributed by atoms with Gasteiger partial charge in [0.1, 0.15) is 0 Å². The van der Waals surface area contributed by atoms with Crippen molar-refractivity contribution in [2.24, 2.45) is 11.8 Å². The molecule has 1 saturated heterocycles. The molecule has 147 valence electrons. The maximum Gasteiger partial charge on any atom is 0.151 e. The smallest absolute Gasteiger partial charge is 0.151 e. The first-order valence-electron chi connectivity index (χ1n) is 10.9. The summed E-state index contributed by atoms with van der Waals surface area (Å²) in [5, 5.41) is 2.10. The average molecular weight is 376 g/mol. The predicted octanol–water partition coefficient (Wildman–Crippen LogP) is 6.23. The summed E-state index contributed by atoms with van der Waals surface area (Å²) in [7, 11) is 0. The van der Waals surface area contributed by atoms with Crippen LogP contribution >= 0.6 is 0 Å². The second-order valence-corrected chi connectivity index (χ2v) is 8.54. The van der Waals surface area contributed by atoms with Crippen molar-refractivity contribution in [1.29, 1.82) is 0 Å². The third-order valence-corrected chi connectivity index (χ3v) is 7.01. The Kier molecular flexibility index (Phi) is 6.13. The van der Waals surface area contributed by atoms with Gasteiger partial charge in [0.15, 0.2) is 6.29 Å². The summed E-state index contributed by atoms with van der Waals surface area (Å²) in [4.78, 5) is 11.5. The summed E-state index contributed by atoms with van der Waals surface area (Å²) in [6.07, 6.45) is 16.8. The van der Waals surface area contributed by atoms with Gasteiger partial charge in [-0.05, 0) is 78.7 Å². The number of benzene rings is 2. The second kappa shape index (κ2) is 8.93. The fraction of sp³-hybridized carbons (Fsp3) is 0.500. The molecule has 0 spiro atoms. The van der Waals surface area contributed by atoms with Crippen molar-refractivity contribution in [3.8, 4) is 12.3 Å². The Morgan fingerprint density at radius 1 is 0.964 bits per heavy atom. The molecule has 0 bridgehead atoms. The zero-order valence-electron chi connectivity index (χ0n) is 17.7. The standard InChI is InChI=1S/C26H30O2.H/c1-2-19-8-11-24-17-23(12-13-25(24)26(19)18-27)21-6-3-5-20(9-10-21)22-7-4-15-28-16-14-22;/h1,8,11-13,17-18,20-22H,3-7,9-10,14-16H2;. The molecule has 3 unspecified atom stereocenters. The monoisotopic (exact) mass is 375 g/mol. The number of fused-ring (bicyclic) bond motifs is 1. The largest absolute Gasteiger partial charge is 0.381 e. The first-order chi connectivity index (χ1) is 13.8. The Morgan fingerprint density at radius 2 is 1.82 bits per heavy atom. The van der Waals surface area contributed by atoms with Crippen LogP contribution in [0.15, 0.2) is 30.3 Å². The van der Waals surface area contributed by atoms with Crippen molar-refractivity contribution in [3.63, 3.8) is 0 Å². The van der Waals surface area contributed by atoms with Crippen molar-refractivity contribution in [2.75, 3.05) is 13.2 Å². The summed E-state index contributed by atoms with van der Waals surface area (Å²) in [5.74, 6) is 4.98. The minimum absolute atomic E-state index is 0. The lowest BCUT2D eigenvalue weighted by Crippen LogP contribution is -2.15. The van der Waals surface area contributed by atoms with Gasteiger partial charge in [-0.2, -0.15) is 0 Å². The van der Waals surface area contributed by atoms with E-state index in [-0.39, 0.29) is 1.43 Å². The maximum absolute atomic E-state index is 11.5. The van der Waals surface area contributed by atoms with Crippen molar-refractivity contribution in [1.82, 2.24) is 0 Å². The van der Waals surface area contributed by atoms with Crippen LogP contribution in [0.4, 0.5) is 0 Å². The molecule has 28 heavy (non-hydrogen) atoms. The van der Waals surface area contributed by atoms with Crippen LogP contribution in [0.2, 0.25) is 0 Å². The van der Waals surface area contributed by atoms with Gasteiger partial charge in [0.2, 0.25) is 0 Å². The molecule has 2 nitrogen and oxygen atoms in total. The van der Waals surface area contributed by atoms with E-state index in [4.69, 9.17) is 11.2 Å². The topological polar surface area (TPSA) is 26.3 Å². The van der Waals surface area contributed by atoms with Gasteiger partial charge < -0.3 is 4.74 Å². The van der Waals surface area contributed by atoms with Gasteiger partial charge >= 0.3 is 0 Å². The van der Waals surface area contributed by atoms with Crippen LogP contribution in [0.3, 0.4) is 0 Å². The second-order valence-electron chi connectivity index (χ2n) is 8.54. The van der Waals surface area contributed by atoms with Crippen LogP contribution in [-0.4, -0.2) is 19.5 Å². The van der Waals surface area contributed by atoms with Gasteiger partial charge in [0.05, 0.1) is 0 Å². The van der Waals surface area contributed by atoms with E-state index in [1.807, 2.05) is 6.07 Å². The summed E-state index contributed by atoms with van der Waals surface area (Å²) in [6, 6.07) is 10.6. The third-order valence-electron chi connectivity index (χ3n) is 7.01. The minimum atomic E-state index is 0. The molecule has 2 aromatic rings. The molecular weight excluding hydrogens is 344 g/mol. The Labute approximate surface area is 170 Å². The molecule has 1 heterocycles. The average Bonchev–Trinajstić information content (AvgIpc) is 3.15. The van der Waals surface area contributed by atoms with E-state index in [0.29, 0.717) is 17.0 Å². The first-order valence-corrected chi connectivity index (χ1v) is 10.9. The Hall–Kier alpha value is -2.11. The number of hydrogen-bond donors (Lipinski definition) is 0. The highest BCUT2D eigenvalue weighted by atomic mass is 16.5. The van der Waals surface area contributed by atoms with E-state index in [0.717, 1.165) is 42.1 Å². The normalized spacial score (nSPS) is 26.2. The Balaban J connectivity index is 0.00000240. The number of carbonyl (C=O) groups excluding carboxylic acids is 1. The summed E-state index contributed by atoms with van der Waals surface area (Å²) < 4.78 is 5.68. The summed E-state index contributed by atoms with van der Waals surface area (Å²) >= 11 is 0. The van der Waals surface area contributed by atoms with Gasteiger partial charge in [0.25, 0.3) is 0 Å². The minimum Gasteiger partial charge on any atom is -0.381 e. The Bertz CT molecular complexity index is 874. The molecule has 1 aliphatic heterocycles. The van der Waals surface area contributed by atoms with Gasteiger partial charge in [0, 0.05) is 25.8 Å². The molecule has 3 atom stereocenters. The van der Waals surface area contributed by atoms with E-state index >= 15 is 0 Å². The van der Waals surface area contributed by atoms with Crippen molar-refractivity contribution < 1.29 is 11.0 Å². The molecule has 2 fully saturated rings. The third kappa shape index (κ3) is 4.01. The molecular formula is C26H31O2. The van der Waals surface area contributed by atoms with E-state index in [2.05, 4.69) is 30.2 Å². The molecule has 0 N–H and O–H groups in total. The number of rotatable bonds is 3. The van der Waals surface area contributed by atoms with Crippen LogP contribution in [0.5, 0.6) is 0 Å². The number of hydrogen-bond acceptors (Lipinski definition) is 2. The number of terminal acetylenes is 1. The molecule has 0 aromatic heterocycles. The molecule has 2 aliphatic rings. The van der Waals surface area contributed by atoms with Crippen LogP contribution in [0.25, 0.3) is 10.8 Å². The quantitative estimate of drug-likeness (QED) is 0.361. The summed E-state index contributed by atoms with van der Waals surface area (Å²) in [5.41, 5.74) is 2.74. The van der Waals surface area contributed by atoms with Crippen LogP contribution in [0.1, 0.15) is 80.2 Å². The van der Waals surface area contributed by atoms with Crippen LogP contribution < -0.4 is 0 Å². The molecule has 1 aliphatic carbocycles. The van der Waals surface area contributed by atoms with Crippen LogP contribution in [0, 0.1) is 24.2 Å². The zero-order valence-corrected chi connectivity index (χ0v) is 16.7. The SMILES string of the molecule is C#Cc1ccc2cc(C3CCCC(C4CCCOCC4)CC3)ccc2c1C=O.[H]. The van der Waals surface area contributed by atoms with Crippen molar-refractivity contribution >= 4 is 17.1 Å². The predicted molar refractivity (Wildman–Crippen MR) is 116 cm³/mol. The van der Waals surface area contributed by atoms with E-state index in [9.17, 15) is 4.79 Å². The number of carbonyl (C=O) groups is 1. The lowest BCUT2D eigenvalue weighted by Gasteiger charge is -2.24. The molecule has 2 heteroatoms. The van der Waals surface area contributed by atoms with Gasteiger partial charge in [-0.15, -0.1) is 6.42 Å². The lowest BCUT2D eigenvalue weighted by molar-refractivity contribution is 0.112. The highest BCUT2D eigenvalue weighted by Crippen LogP contribution is 2.40. The fourth-order valence-corrected chi connectivity index (χ4v) is 5.41. The van der Waals surface area contributed by atoms with E-state index in [1.54, 1.807) is 0 Å². The summed E-state index contributed by atoms with van der Waals surface area (Å²) in [6.45, 7) is 1.90.